The third kappa shape index (κ3) is 3.43. The summed E-state index contributed by atoms with van der Waals surface area (Å²) in [7, 11) is 0. The van der Waals surface area contributed by atoms with Crippen molar-refractivity contribution in [3.63, 3.8) is 0 Å². The number of benzene rings is 1. The van der Waals surface area contributed by atoms with Gasteiger partial charge < -0.3 is 15.6 Å². The first kappa shape index (κ1) is 15.1. The monoisotopic (exact) mass is 289 g/mol. The van der Waals surface area contributed by atoms with Gasteiger partial charge in [-0.25, -0.2) is 0 Å². The summed E-state index contributed by atoms with van der Waals surface area (Å²) in [4.78, 5) is 0. The van der Waals surface area contributed by atoms with Crippen LogP contribution >= 0.6 is 0 Å². The molecule has 0 aliphatic heterocycles. The van der Waals surface area contributed by atoms with Crippen LogP contribution in [-0.2, 0) is 5.41 Å². The quantitative estimate of drug-likeness (QED) is 0.899. The van der Waals surface area contributed by atoms with Gasteiger partial charge in [-0.2, -0.15) is 0 Å². The van der Waals surface area contributed by atoms with Crippen molar-refractivity contribution >= 4 is 0 Å². The van der Waals surface area contributed by atoms with E-state index in [-0.39, 0.29) is 17.3 Å². The number of halogens is 3. The molecule has 0 heterocycles. The molecule has 1 aliphatic rings. The molecule has 3 nitrogen and oxygen atoms in total. The van der Waals surface area contributed by atoms with Crippen molar-refractivity contribution in [1.29, 1.82) is 0 Å². The minimum absolute atomic E-state index is 0.228. The van der Waals surface area contributed by atoms with Crippen LogP contribution in [0.25, 0.3) is 0 Å². The fourth-order valence-electron chi connectivity index (χ4n) is 2.79. The number of ether oxygens (including phenoxy) is 1. The lowest BCUT2D eigenvalue weighted by molar-refractivity contribution is -0.274. The van der Waals surface area contributed by atoms with Gasteiger partial charge >= 0.3 is 6.36 Å². The van der Waals surface area contributed by atoms with Crippen molar-refractivity contribution in [3.8, 4) is 5.75 Å². The average Bonchev–Trinajstić information content (AvgIpc) is 2.38. The fourth-order valence-corrected chi connectivity index (χ4v) is 2.79. The molecule has 20 heavy (non-hydrogen) atoms. The summed E-state index contributed by atoms with van der Waals surface area (Å²) in [5.74, 6) is -0.228. The van der Waals surface area contributed by atoms with E-state index in [9.17, 15) is 18.3 Å². The molecule has 1 aromatic carbocycles. The normalized spacial score (nSPS) is 27.4. The molecule has 0 atom stereocenters. The summed E-state index contributed by atoms with van der Waals surface area (Å²) in [5.41, 5.74) is 6.22. The van der Waals surface area contributed by atoms with Crippen LogP contribution in [0.5, 0.6) is 5.75 Å². The first-order chi connectivity index (χ1) is 9.35. The Morgan fingerprint density at radius 2 is 1.95 bits per heavy atom. The standard InChI is InChI=1S/C14H18F3NO2/c15-14(16,17)20-12-3-1-2-10(8-12)13(9-18)6-4-11(19)5-7-13/h1-3,8,11,19H,4-7,9,18H2. The SMILES string of the molecule is NCC1(c2cccc(OC(F)(F)F)c2)CCC(O)CC1. The number of aliphatic hydroxyl groups is 1. The molecule has 6 heteroatoms. The van der Waals surface area contributed by atoms with E-state index in [0.29, 0.717) is 32.2 Å². The van der Waals surface area contributed by atoms with Gasteiger partial charge in [0.05, 0.1) is 6.10 Å². The van der Waals surface area contributed by atoms with Gasteiger partial charge in [0.15, 0.2) is 0 Å². The molecule has 0 radical (unpaired) electrons. The number of hydrogen-bond acceptors (Lipinski definition) is 3. The second-order valence-electron chi connectivity index (χ2n) is 5.29. The van der Waals surface area contributed by atoms with Crippen molar-refractivity contribution in [3.05, 3.63) is 29.8 Å². The van der Waals surface area contributed by atoms with E-state index in [1.54, 1.807) is 12.1 Å². The lowest BCUT2D eigenvalue weighted by atomic mass is 9.69. The highest BCUT2D eigenvalue weighted by molar-refractivity contribution is 5.35. The lowest BCUT2D eigenvalue weighted by Crippen LogP contribution is -2.40. The summed E-state index contributed by atoms with van der Waals surface area (Å²) in [6.45, 7) is 0.342. The van der Waals surface area contributed by atoms with Crippen molar-refractivity contribution < 1.29 is 23.0 Å². The minimum Gasteiger partial charge on any atom is -0.406 e. The van der Waals surface area contributed by atoms with Crippen LogP contribution in [0.15, 0.2) is 24.3 Å². The molecular formula is C14H18F3NO2. The van der Waals surface area contributed by atoms with E-state index < -0.39 is 6.36 Å². The maximum Gasteiger partial charge on any atom is 0.573 e. The molecule has 2 rings (SSSR count). The van der Waals surface area contributed by atoms with E-state index in [1.165, 1.54) is 12.1 Å². The Hall–Kier alpha value is -1.27. The summed E-state index contributed by atoms with van der Waals surface area (Å²) in [5, 5.41) is 9.58. The zero-order chi connectivity index (χ0) is 14.8. The topological polar surface area (TPSA) is 55.5 Å². The first-order valence-corrected chi connectivity index (χ1v) is 6.59. The van der Waals surface area contributed by atoms with E-state index in [0.717, 1.165) is 5.56 Å². The highest BCUT2D eigenvalue weighted by atomic mass is 19.4. The maximum absolute atomic E-state index is 12.3. The van der Waals surface area contributed by atoms with Crippen molar-refractivity contribution in [1.82, 2.24) is 0 Å². The molecule has 3 N–H and O–H groups in total. The van der Waals surface area contributed by atoms with Crippen LogP contribution in [0.3, 0.4) is 0 Å². The van der Waals surface area contributed by atoms with Crippen LogP contribution < -0.4 is 10.5 Å². The van der Waals surface area contributed by atoms with Crippen LogP contribution in [-0.4, -0.2) is 24.1 Å². The van der Waals surface area contributed by atoms with Gasteiger partial charge in [-0.3, -0.25) is 0 Å². The summed E-state index contributed by atoms with van der Waals surface area (Å²) in [6.07, 6.45) is -2.48. The predicted octanol–water partition coefficient (Wildman–Crippen LogP) is 2.72. The van der Waals surface area contributed by atoms with Gasteiger partial charge in [0.2, 0.25) is 0 Å². The predicted molar refractivity (Wildman–Crippen MR) is 68.3 cm³/mol. The number of nitrogens with two attached hydrogens (primary N) is 1. The molecule has 1 saturated carbocycles. The van der Waals surface area contributed by atoms with Crippen LogP contribution in [0.2, 0.25) is 0 Å². The summed E-state index contributed by atoms with van der Waals surface area (Å²) in [6, 6.07) is 5.99. The Balaban J connectivity index is 2.24. The Bertz CT molecular complexity index is 454. The van der Waals surface area contributed by atoms with Gasteiger partial charge in [-0.1, -0.05) is 12.1 Å². The van der Waals surface area contributed by atoms with E-state index in [2.05, 4.69) is 4.74 Å². The second kappa shape index (κ2) is 5.61. The van der Waals surface area contributed by atoms with Crippen LogP contribution in [0.1, 0.15) is 31.2 Å². The molecular weight excluding hydrogens is 271 g/mol. The average molecular weight is 289 g/mol. The second-order valence-corrected chi connectivity index (χ2v) is 5.29. The van der Waals surface area contributed by atoms with E-state index in [4.69, 9.17) is 5.73 Å². The van der Waals surface area contributed by atoms with Crippen molar-refractivity contribution in [2.24, 2.45) is 5.73 Å². The molecule has 0 amide bonds. The van der Waals surface area contributed by atoms with Gasteiger partial charge in [-0.05, 0) is 43.4 Å². The molecule has 0 saturated heterocycles. The van der Waals surface area contributed by atoms with Crippen molar-refractivity contribution in [2.45, 2.75) is 43.6 Å². The molecule has 1 aromatic rings. The zero-order valence-corrected chi connectivity index (χ0v) is 11.0. The first-order valence-electron chi connectivity index (χ1n) is 6.59. The Morgan fingerprint density at radius 1 is 1.30 bits per heavy atom. The largest absolute Gasteiger partial charge is 0.573 e. The van der Waals surface area contributed by atoms with E-state index in [1.807, 2.05) is 0 Å². The molecule has 0 spiro atoms. The Kier molecular flexibility index (Phi) is 4.25. The van der Waals surface area contributed by atoms with Gasteiger partial charge in [0, 0.05) is 12.0 Å². The highest BCUT2D eigenvalue weighted by Gasteiger charge is 2.36. The summed E-state index contributed by atoms with van der Waals surface area (Å²) >= 11 is 0. The van der Waals surface area contributed by atoms with Crippen LogP contribution in [0, 0.1) is 0 Å². The Labute approximate surface area is 115 Å². The number of alkyl halides is 3. The maximum atomic E-state index is 12.3. The lowest BCUT2D eigenvalue weighted by Gasteiger charge is -2.38. The molecule has 1 fully saturated rings. The van der Waals surface area contributed by atoms with E-state index >= 15 is 0 Å². The van der Waals surface area contributed by atoms with Gasteiger partial charge in [0.1, 0.15) is 5.75 Å². The molecule has 112 valence electrons. The molecule has 0 bridgehead atoms. The highest BCUT2D eigenvalue weighted by Crippen LogP contribution is 2.40. The third-order valence-electron chi connectivity index (χ3n) is 3.98. The van der Waals surface area contributed by atoms with Gasteiger partial charge in [0.25, 0.3) is 0 Å². The Morgan fingerprint density at radius 3 is 2.50 bits per heavy atom. The fraction of sp³-hybridized carbons (Fsp3) is 0.571. The molecule has 1 aliphatic carbocycles. The molecule has 0 aromatic heterocycles. The smallest absolute Gasteiger partial charge is 0.406 e. The zero-order valence-electron chi connectivity index (χ0n) is 11.0. The number of hydrogen-bond donors (Lipinski definition) is 2. The number of rotatable bonds is 3. The van der Waals surface area contributed by atoms with Crippen LogP contribution in [0.4, 0.5) is 13.2 Å². The number of aliphatic hydroxyl groups excluding tert-OH is 1. The van der Waals surface area contributed by atoms with Gasteiger partial charge in [-0.15, -0.1) is 13.2 Å². The minimum atomic E-state index is -4.70. The van der Waals surface area contributed by atoms with Crippen molar-refractivity contribution in [2.75, 3.05) is 6.54 Å². The summed E-state index contributed by atoms with van der Waals surface area (Å²) < 4.78 is 40.7. The molecule has 0 unspecified atom stereocenters. The third-order valence-corrected chi connectivity index (χ3v) is 3.98.